The predicted octanol–water partition coefficient (Wildman–Crippen LogP) is 1.98. The second kappa shape index (κ2) is 6.55. The van der Waals surface area contributed by atoms with Gasteiger partial charge in [-0.1, -0.05) is 25.4 Å². The molecule has 2 N–H and O–H groups in total. The van der Waals surface area contributed by atoms with E-state index in [1.54, 1.807) is 0 Å². The average Bonchev–Trinajstić information content (AvgIpc) is 2.32. The highest BCUT2D eigenvalue weighted by Gasteiger charge is 2.26. The first-order valence-corrected chi connectivity index (χ1v) is 7.40. The Labute approximate surface area is 124 Å². The standard InChI is InChI=1S/C15H20ClFN2O/c1-10-5-11(2)8-19(7-10)9-15(20)18-12-3-4-14(17)13(16)6-12/h3-4,6,10-11H,5,7-9H2,1-2H3,(H,18,20)/p+1/t10-,11+. The van der Waals surface area contributed by atoms with E-state index in [1.807, 2.05) is 0 Å². The highest BCUT2D eigenvalue weighted by atomic mass is 35.5. The number of benzene rings is 1. The zero-order valence-corrected chi connectivity index (χ0v) is 12.6. The maximum Gasteiger partial charge on any atom is 0.279 e. The molecule has 5 heteroatoms. The number of quaternary nitrogens is 1. The number of amides is 1. The average molecular weight is 300 g/mol. The van der Waals surface area contributed by atoms with Crippen molar-refractivity contribution in [3.8, 4) is 0 Å². The van der Waals surface area contributed by atoms with Gasteiger partial charge < -0.3 is 10.2 Å². The van der Waals surface area contributed by atoms with Gasteiger partial charge in [0.05, 0.1) is 18.1 Å². The smallest absolute Gasteiger partial charge is 0.279 e. The van der Waals surface area contributed by atoms with Crippen molar-refractivity contribution in [2.24, 2.45) is 11.8 Å². The summed E-state index contributed by atoms with van der Waals surface area (Å²) in [7, 11) is 0. The van der Waals surface area contributed by atoms with Gasteiger partial charge in [-0.05, 0) is 24.6 Å². The fourth-order valence-corrected chi connectivity index (χ4v) is 3.25. The van der Waals surface area contributed by atoms with Crippen LogP contribution < -0.4 is 10.2 Å². The Hall–Kier alpha value is -1.13. The quantitative estimate of drug-likeness (QED) is 0.879. The largest absolute Gasteiger partial charge is 0.327 e. The number of piperidine rings is 1. The third kappa shape index (κ3) is 4.18. The number of anilines is 1. The SMILES string of the molecule is C[C@@H]1C[C@H](C)C[NH+](CC(=O)Nc2ccc(F)c(Cl)c2)C1. The van der Waals surface area contributed by atoms with Gasteiger partial charge in [-0.25, -0.2) is 4.39 Å². The molecular formula is C15H21ClFN2O+. The summed E-state index contributed by atoms with van der Waals surface area (Å²) in [6, 6.07) is 4.22. The first-order valence-electron chi connectivity index (χ1n) is 7.02. The summed E-state index contributed by atoms with van der Waals surface area (Å²) >= 11 is 5.70. The molecule has 1 amide bonds. The molecule has 0 spiro atoms. The minimum Gasteiger partial charge on any atom is -0.327 e. The molecule has 1 unspecified atom stereocenters. The van der Waals surface area contributed by atoms with Crippen molar-refractivity contribution in [2.75, 3.05) is 25.0 Å². The number of carbonyl (C=O) groups excluding carboxylic acids is 1. The van der Waals surface area contributed by atoms with Crippen LogP contribution in [0.15, 0.2) is 18.2 Å². The zero-order chi connectivity index (χ0) is 14.7. The Morgan fingerprint density at radius 1 is 1.40 bits per heavy atom. The fraction of sp³-hybridized carbons (Fsp3) is 0.533. The monoisotopic (exact) mass is 299 g/mol. The van der Waals surface area contributed by atoms with Crippen molar-refractivity contribution >= 4 is 23.2 Å². The molecule has 3 atom stereocenters. The van der Waals surface area contributed by atoms with Gasteiger partial charge in [-0.2, -0.15) is 0 Å². The van der Waals surface area contributed by atoms with E-state index in [0.29, 0.717) is 24.1 Å². The summed E-state index contributed by atoms with van der Waals surface area (Å²) in [5, 5.41) is 2.80. The number of carbonyl (C=O) groups is 1. The second-order valence-electron chi connectivity index (χ2n) is 5.96. The van der Waals surface area contributed by atoms with Crippen molar-refractivity contribution in [1.29, 1.82) is 0 Å². The molecular weight excluding hydrogens is 279 g/mol. The number of hydrogen-bond donors (Lipinski definition) is 2. The van der Waals surface area contributed by atoms with Crippen molar-refractivity contribution in [3.05, 3.63) is 29.0 Å². The summed E-state index contributed by atoms with van der Waals surface area (Å²) in [5.41, 5.74) is 0.541. The van der Waals surface area contributed by atoms with Crippen LogP contribution in [0.3, 0.4) is 0 Å². The molecule has 1 heterocycles. The minimum absolute atomic E-state index is 0.0235. The zero-order valence-electron chi connectivity index (χ0n) is 11.9. The van der Waals surface area contributed by atoms with Crippen LogP contribution in [-0.4, -0.2) is 25.5 Å². The van der Waals surface area contributed by atoms with E-state index in [-0.39, 0.29) is 10.9 Å². The van der Waals surface area contributed by atoms with Gasteiger partial charge >= 0.3 is 0 Å². The maximum atomic E-state index is 13.0. The highest BCUT2D eigenvalue weighted by molar-refractivity contribution is 6.31. The Kier molecular flexibility index (Phi) is 5.00. The van der Waals surface area contributed by atoms with E-state index in [2.05, 4.69) is 19.2 Å². The van der Waals surface area contributed by atoms with Crippen molar-refractivity contribution < 1.29 is 14.1 Å². The van der Waals surface area contributed by atoms with Crippen LogP contribution in [0.2, 0.25) is 5.02 Å². The fourth-order valence-electron chi connectivity index (χ4n) is 3.07. The van der Waals surface area contributed by atoms with Gasteiger partial charge in [0.2, 0.25) is 0 Å². The summed E-state index contributed by atoms with van der Waals surface area (Å²) in [4.78, 5) is 13.3. The van der Waals surface area contributed by atoms with Crippen LogP contribution in [-0.2, 0) is 4.79 Å². The molecule has 2 rings (SSSR count). The number of halogens is 2. The number of rotatable bonds is 3. The molecule has 1 aromatic carbocycles. The summed E-state index contributed by atoms with van der Waals surface area (Å²) in [6.07, 6.45) is 1.23. The van der Waals surface area contributed by atoms with Gasteiger partial charge in [0, 0.05) is 17.5 Å². The molecule has 1 fully saturated rings. The van der Waals surface area contributed by atoms with E-state index < -0.39 is 5.82 Å². The summed E-state index contributed by atoms with van der Waals surface area (Å²) in [5.74, 6) is 0.779. The summed E-state index contributed by atoms with van der Waals surface area (Å²) < 4.78 is 13.0. The van der Waals surface area contributed by atoms with Crippen LogP contribution in [0.5, 0.6) is 0 Å². The third-order valence-corrected chi connectivity index (χ3v) is 3.98. The van der Waals surface area contributed by atoms with Gasteiger partial charge in [0.15, 0.2) is 6.54 Å². The lowest BCUT2D eigenvalue weighted by molar-refractivity contribution is -0.904. The number of nitrogens with one attached hydrogen (secondary N) is 2. The third-order valence-electron chi connectivity index (χ3n) is 3.69. The van der Waals surface area contributed by atoms with Crippen molar-refractivity contribution in [2.45, 2.75) is 20.3 Å². The lowest BCUT2D eigenvalue weighted by Gasteiger charge is -2.31. The van der Waals surface area contributed by atoms with E-state index in [0.717, 1.165) is 13.1 Å². The van der Waals surface area contributed by atoms with E-state index in [1.165, 1.54) is 29.5 Å². The Balaban J connectivity index is 1.90. The van der Waals surface area contributed by atoms with E-state index >= 15 is 0 Å². The number of hydrogen-bond acceptors (Lipinski definition) is 1. The first-order chi connectivity index (χ1) is 9.44. The highest BCUT2D eigenvalue weighted by Crippen LogP contribution is 2.19. The van der Waals surface area contributed by atoms with Crippen LogP contribution in [0.25, 0.3) is 0 Å². The van der Waals surface area contributed by atoms with Crippen LogP contribution in [0, 0.1) is 17.7 Å². The van der Waals surface area contributed by atoms with E-state index in [4.69, 9.17) is 11.6 Å². The second-order valence-corrected chi connectivity index (χ2v) is 6.37. The van der Waals surface area contributed by atoms with Gasteiger partial charge in [0.1, 0.15) is 5.82 Å². The molecule has 0 aromatic heterocycles. The molecule has 1 aliphatic heterocycles. The predicted molar refractivity (Wildman–Crippen MR) is 78.5 cm³/mol. The Morgan fingerprint density at radius 3 is 2.65 bits per heavy atom. The van der Waals surface area contributed by atoms with E-state index in [9.17, 15) is 9.18 Å². The molecule has 110 valence electrons. The maximum absolute atomic E-state index is 13.0. The molecule has 0 bridgehead atoms. The lowest BCUT2D eigenvalue weighted by atomic mass is 9.92. The van der Waals surface area contributed by atoms with Crippen LogP contribution in [0.4, 0.5) is 10.1 Å². The molecule has 20 heavy (non-hydrogen) atoms. The molecule has 0 aliphatic carbocycles. The topological polar surface area (TPSA) is 33.5 Å². The number of likely N-dealkylation sites (tertiary alicyclic amines) is 1. The van der Waals surface area contributed by atoms with Crippen molar-refractivity contribution in [3.63, 3.8) is 0 Å². The molecule has 0 saturated carbocycles. The van der Waals surface area contributed by atoms with Crippen LogP contribution in [0.1, 0.15) is 20.3 Å². The molecule has 1 saturated heterocycles. The molecule has 3 nitrogen and oxygen atoms in total. The van der Waals surface area contributed by atoms with Gasteiger partial charge in [0.25, 0.3) is 5.91 Å². The Bertz CT molecular complexity index is 485. The molecule has 1 aliphatic rings. The normalized spacial score (nSPS) is 26.3. The van der Waals surface area contributed by atoms with Gasteiger partial charge in [-0.3, -0.25) is 4.79 Å². The lowest BCUT2D eigenvalue weighted by Crippen LogP contribution is -3.15. The molecule has 1 aromatic rings. The summed E-state index contributed by atoms with van der Waals surface area (Å²) in [6.45, 7) is 6.97. The minimum atomic E-state index is -0.478. The van der Waals surface area contributed by atoms with Crippen molar-refractivity contribution in [1.82, 2.24) is 0 Å². The van der Waals surface area contributed by atoms with Gasteiger partial charge in [-0.15, -0.1) is 0 Å². The van der Waals surface area contributed by atoms with Crippen LogP contribution >= 0.6 is 11.6 Å². The first kappa shape index (κ1) is 15.3. The molecule has 0 radical (unpaired) electrons. The Morgan fingerprint density at radius 2 is 2.05 bits per heavy atom.